The summed E-state index contributed by atoms with van der Waals surface area (Å²) >= 11 is 0. The summed E-state index contributed by atoms with van der Waals surface area (Å²) in [6.07, 6.45) is -1.08. The van der Waals surface area contributed by atoms with Crippen molar-refractivity contribution in [1.29, 1.82) is 0 Å². The molecule has 0 radical (unpaired) electrons. The van der Waals surface area contributed by atoms with E-state index in [9.17, 15) is 14.4 Å². The highest BCUT2D eigenvalue weighted by Gasteiger charge is 2.46. The van der Waals surface area contributed by atoms with Crippen LogP contribution in [0.1, 0.15) is 53.7 Å². The number of hydrogen-bond donors (Lipinski definition) is 1. The van der Waals surface area contributed by atoms with Crippen LogP contribution >= 0.6 is 0 Å². The fourth-order valence-electron chi connectivity index (χ4n) is 4.23. The van der Waals surface area contributed by atoms with Gasteiger partial charge in [0, 0.05) is 12.5 Å². The SMILES string of the molecule is COC(=O)[C@@H]1C[C@@H](Oc2nc3cc(OC)ccc3nc2C)CN1C(=O)[C@@H](NC(=O)OC(C)(C)C)C(C)(C)C. The lowest BCUT2D eigenvalue weighted by Crippen LogP contribution is -2.57. The van der Waals surface area contributed by atoms with E-state index in [2.05, 4.69) is 15.3 Å². The van der Waals surface area contributed by atoms with Gasteiger partial charge >= 0.3 is 12.1 Å². The van der Waals surface area contributed by atoms with Crippen molar-refractivity contribution >= 4 is 29.0 Å². The van der Waals surface area contributed by atoms with Crippen molar-refractivity contribution in [2.24, 2.45) is 5.41 Å². The number of likely N-dealkylation sites (tertiary alicyclic amines) is 1. The van der Waals surface area contributed by atoms with Crippen LogP contribution in [-0.2, 0) is 19.1 Å². The molecule has 2 amide bonds. The first-order chi connectivity index (χ1) is 17.6. The summed E-state index contributed by atoms with van der Waals surface area (Å²) in [6.45, 7) is 12.6. The average Bonchev–Trinajstić information content (AvgIpc) is 3.24. The molecule has 11 heteroatoms. The molecule has 0 bridgehead atoms. The standard InChI is InChI=1S/C27H38N4O7/c1-15-22(29-19-12-16(35-8)10-11-18(19)28-15)37-17-13-20(24(33)36-9)31(14-17)23(32)21(26(2,3)4)30-25(34)38-27(5,6)7/h10-12,17,20-21H,13-14H2,1-9H3,(H,30,34)/t17-,20+,21-/m1/s1. The summed E-state index contributed by atoms with van der Waals surface area (Å²) < 4.78 is 21.8. The number of fused-ring (bicyclic) bond motifs is 1. The summed E-state index contributed by atoms with van der Waals surface area (Å²) in [5.74, 6) is -0.0695. The van der Waals surface area contributed by atoms with Crippen molar-refractivity contribution in [2.45, 2.75) is 78.7 Å². The number of rotatable bonds is 6. The van der Waals surface area contributed by atoms with Gasteiger partial charge in [0.25, 0.3) is 0 Å². The minimum Gasteiger partial charge on any atom is -0.497 e. The highest BCUT2D eigenvalue weighted by atomic mass is 16.6. The highest BCUT2D eigenvalue weighted by molar-refractivity contribution is 5.91. The minimum absolute atomic E-state index is 0.0957. The second kappa shape index (κ2) is 11.0. The van der Waals surface area contributed by atoms with Crippen LogP contribution in [0.15, 0.2) is 18.2 Å². The molecule has 1 aromatic carbocycles. The Morgan fingerprint density at radius 3 is 2.32 bits per heavy atom. The first-order valence-corrected chi connectivity index (χ1v) is 12.5. The zero-order valence-corrected chi connectivity index (χ0v) is 23.6. The Labute approximate surface area is 223 Å². The van der Waals surface area contributed by atoms with Gasteiger partial charge in [-0.2, -0.15) is 0 Å². The van der Waals surface area contributed by atoms with Gasteiger partial charge in [-0.1, -0.05) is 20.8 Å². The van der Waals surface area contributed by atoms with Crippen LogP contribution in [0.5, 0.6) is 11.6 Å². The molecule has 1 aliphatic rings. The maximum absolute atomic E-state index is 13.8. The minimum atomic E-state index is -0.960. The number of esters is 1. The molecule has 208 valence electrons. The molecule has 0 unspecified atom stereocenters. The predicted octanol–water partition coefficient (Wildman–Crippen LogP) is 3.41. The molecule has 38 heavy (non-hydrogen) atoms. The van der Waals surface area contributed by atoms with Crippen molar-refractivity contribution in [3.8, 4) is 11.6 Å². The number of methoxy groups -OCH3 is 2. The number of aromatic nitrogens is 2. The molecule has 1 aliphatic heterocycles. The second-order valence-corrected chi connectivity index (χ2v) is 11.4. The number of amides is 2. The molecule has 0 saturated carbocycles. The molecule has 1 aromatic heterocycles. The van der Waals surface area contributed by atoms with E-state index in [0.717, 1.165) is 0 Å². The van der Waals surface area contributed by atoms with Crippen molar-refractivity contribution in [1.82, 2.24) is 20.2 Å². The van der Waals surface area contributed by atoms with E-state index in [1.54, 1.807) is 46.9 Å². The molecule has 1 fully saturated rings. The zero-order chi connectivity index (χ0) is 28.4. The van der Waals surface area contributed by atoms with Crippen LogP contribution in [0.2, 0.25) is 0 Å². The van der Waals surface area contributed by atoms with E-state index in [1.807, 2.05) is 26.8 Å². The number of ether oxygens (including phenoxy) is 4. The van der Waals surface area contributed by atoms with Gasteiger partial charge in [-0.25, -0.2) is 19.6 Å². The van der Waals surface area contributed by atoms with Gasteiger partial charge in [0.15, 0.2) is 0 Å². The Morgan fingerprint density at radius 2 is 1.74 bits per heavy atom. The number of nitrogens with one attached hydrogen (secondary N) is 1. The van der Waals surface area contributed by atoms with Crippen molar-refractivity contribution in [3.05, 3.63) is 23.9 Å². The summed E-state index contributed by atoms with van der Waals surface area (Å²) in [4.78, 5) is 49.6. The topological polar surface area (TPSA) is 129 Å². The molecular formula is C27H38N4O7. The van der Waals surface area contributed by atoms with Crippen LogP contribution in [0, 0.1) is 12.3 Å². The van der Waals surface area contributed by atoms with E-state index >= 15 is 0 Å². The highest BCUT2D eigenvalue weighted by Crippen LogP contribution is 2.30. The van der Waals surface area contributed by atoms with E-state index in [-0.39, 0.29) is 13.0 Å². The number of nitrogens with zero attached hydrogens (tertiary/aromatic N) is 3. The lowest BCUT2D eigenvalue weighted by molar-refractivity contribution is -0.152. The monoisotopic (exact) mass is 530 g/mol. The maximum Gasteiger partial charge on any atom is 0.408 e. The van der Waals surface area contributed by atoms with Crippen LogP contribution in [0.25, 0.3) is 11.0 Å². The summed E-state index contributed by atoms with van der Waals surface area (Å²) in [6, 6.07) is 3.52. The number of carbonyl (C=O) groups is 3. The fraction of sp³-hybridized carbons (Fsp3) is 0.593. The third-order valence-corrected chi connectivity index (χ3v) is 6.07. The van der Waals surface area contributed by atoms with Crippen LogP contribution in [0.3, 0.4) is 0 Å². The zero-order valence-electron chi connectivity index (χ0n) is 23.6. The quantitative estimate of drug-likeness (QED) is 0.559. The smallest absolute Gasteiger partial charge is 0.408 e. The van der Waals surface area contributed by atoms with Crippen LogP contribution < -0.4 is 14.8 Å². The Morgan fingerprint density at radius 1 is 1.05 bits per heavy atom. The Balaban J connectivity index is 1.86. The first kappa shape index (κ1) is 28.9. The third-order valence-electron chi connectivity index (χ3n) is 6.07. The summed E-state index contributed by atoms with van der Waals surface area (Å²) in [5.41, 5.74) is 0.440. The predicted molar refractivity (Wildman–Crippen MR) is 140 cm³/mol. The molecule has 3 atom stereocenters. The molecule has 11 nitrogen and oxygen atoms in total. The largest absolute Gasteiger partial charge is 0.497 e. The number of carbonyl (C=O) groups excluding carboxylic acids is 3. The molecule has 2 aromatic rings. The maximum atomic E-state index is 13.8. The van der Waals surface area contributed by atoms with Gasteiger partial charge in [-0.15, -0.1) is 0 Å². The number of alkyl carbamates (subject to hydrolysis) is 1. The van der Waals surface area contributed by atoms with E-state index in [1.165, 1.54) is 12.0 Å². The number of aryl methyl sites for hydroxylation is 1. The Kier molecular flexibility index (Phi) is 8.38. The van der Waals surface area contributed by atoms with Gasteiger partial charge in [-0.3, -0.25) is 4.79 Å². The van der Waals surface area contributed by atoms with Crippen molar-refractivity contribution in [3.63, 3.8) is 0 Å². The van der Waals surface area contributed by atoms with Crippen molar-refractivity contribution in [2.75, 3.05) is 20.8 Å². The lowest BCUT2D eigenvalue weighted by atomic mass is 9.85. The molecule has 2 heterocycles. The van der Waals surface area contributed by atoms with Gasteiger partial charge in [-0.05, 0) is 45.2 Å². The Bertz CT molecular complexity index is 1200. The fourth-order valence-corrected chi connectivity index (χ4v) is 4.23. The van der Waals surface area contributed by atoms with E-state index in [0.29, 0.717) is 28.4 Å². The second-order valence-electron chi connectivity index (χ2n) is 11.4. The molecule has 3 rings (SSSR count). The van der Waals surface area contributed by atoms with Crippen molar-refractivity contribution < 1.29 is 33.3 Å². The van der Waals surface area contributed by atoms with Gasteiger partial charge in [0.1, 0.15) is 35.2 Å². The molecule has 1 N–H and O–H groups in total. The lowest BCUT2D eigenvalue weighted by Gasteiger charge is -2.35. The Hall–Kier alpha value is -3.63. The molecule has 1 saturated heterocycles. The molecule has 0 spiro atoms. The molecular weight excluding hydrogens is 492 g/mol. The molecule has 0 aliphatic carbocycles. The van der Waals surface area contributed by atoms with E-state index in [4.69, 9.17) is 18.9 Å². The number of hydrogen-bond acceptors (Lipinski definition) is 9. The van der Waals surface area contributed by atoms with Gasteiger partial charge < -0.3 is 29.2 Å². The average molecular weight is 531 g/mol. The van der Waals surface area contributed by atoms with E-state index < -0.39 is 47.2 Å². The summed E-state index contributed by atoms with van der Waals surface area (Å²) in [7, 11) is 2.84. The third kappa shape index (κ3) is 6.81. The summed E-state index contributed by atoms with van der Waals surface area (Å²) in [5, 5.41) is 2.69. The van der Waals surface area contributed by atoms with Gasteiger partial charge in [0.2, 0.25) is 11.8 Å². The van der Waals surface area contributed by atoms with Crippen LogP contribution in [0.4, 0.5) is 4.79 Å². The normalized spacial score (nSPS) is 18.6. The van der Waals surface area contributed by atoms with Gasteiger partial charge in [0.05, 0.1) is 31.8 Å². The number of benzene rings is 1. The first-order valence-electron chi connectivity index (χ1n) is 12.5. The van der Waals surface area contributed by atoms with Crippen LogP contribution in [-0.4, -0.2) is 77.4 Å².